The van der Waals surface area contributed by atoms with Gasteiger partial charge in [0.2, 0.25) is 5.91 Å². The molecule has 0 unspecified atom stereocenters. The van der Waals surface area contributed by atoms with E-state index in [2.05, 4.69) is 5.32 Å². The van der Waals surface area contributed by atoms with Crippen molar-refractivity contribution in [3.05, 3.63) is 35.9 Å². The van der Waals surface area contributed by atoms with Crippen LogP contribution in [0.25, 0.3) is 0 Å². The van der Waals surface area contributed by atoms with Crippen LogP contribution in [-0.2, 0) is 16.0 Å². The normalized spacial score (nSPS) is 29.9. The molecule has 1 aromatic carbocycles. The van der Waals surface area contributed by atoms with Gasteiger partial charge in [-0.1, -0.05) is 30.3 Å². The number of hydrogen-bond donors (Lipinski definition) is 3. The first-order valence-electron chi connectivity index (χ1n) is 8.70. The van der Waals surface area contributed by atoms with E-state index in [0.717, 1.165) is 5.56 Å². The summed E-state index contributed by atoms with van der Waals surface area (Å²) in [5.74, 6) is -0.734. The van der Waals surface area contributed by atoms with E-state index in [1.165, 1.54) is 0 Å². The Morgan fingerprint density at radius 1 is 1.00 bits per heavy atom. The number of carbonyl (C=O) groups is 2. The quantitative estimate of drug-likeness (QED) is 0.745. The molecule has 24 heavy (non-hydrogen) atoms. The number of aliphatic hydroxyl groups excluding tert-OH is 1. The third-order valence-electron chi connectivity index (χ3n) is 5.99. The van der Waals surface area contributed by atoms with Crippen molar-refractivity contribution in [3.63, 3.8) is 0 Å². The standard InChI is InChI=1S/C19H25NO4/c21-15(12-14-4-2-1-3-5-14)13-20-16(22)18-6-9-19(10-7-18,11-8-18)17(23)24/h1-5,15,21H,6-13H2,(H,20,22)(H,23,24)/t15-,18?,19?/m0/s1. The molecule has 0 radical (unpaired) electrons. The molecule has 5 nitrogen and oxygen atoms in total. The lowest BCUT2D eigenvalue weighted by atomic mass is 9.53. The average Bonchev–Trinajstić information content (AvgIpc) is 2.62. The summed E-state index contributed by atoms with van der Waals surface area (Å²) in [4.78, 5) is 24.1. The molecule has 1 atom stereocenters. The van der Waals surface area contributed by atoms with Gasteiger partial charge in [-0.2, -0.15) is 0 Å². The number of amides is 1. The summed E-state index contributed by atoms with van der Waals surface area (Å²) in [6.45, 7) is 0.236. The Morgan fingerprint density at radius 3 is 2.08 bits per heavy atom. The number of benzene rings is 1. The smallest absolute Gasteiger partial charge is 0.309 e. The molecule has 3 saturated carbocycles. The summed E-state index contributed by atoms with van der Waals surface area (Å²) in [6.07, 6.45) is 3.57. The van der Waals surface area contributed by atoms with Crippen LogP contribution in [0.5, 0.6) is 0 Å². The summed E-state index contributed by atoms with van der Waals surface area (Å²) < 4.78 is 0. The van der Waals surface area contributed by atoms with Gasteiger partial charge in [0.05, 0.1) is 11.5 Å². The SMILES string of the molecule is O=C(O)C12CCC(C(=O)NC[C@@H](O)Cc3ccccc3)(CC1)CC2. The minimum atomic E-state index is -0.713. The summed E-state index contributed by atoms with van der Waals surface area (Å²) in [5.41, 5.74) is 0.0115. The molecule has 130 valence electrons. The van der Waals surface area contributed by atoms with E-state index in [1.54, 1.807) is 0 Å². The van der Waals surface area contributed by atoms with Crippen LogP contribution < -0.4 is 5.32 Å². The highest BCUT2D eigenvalue weighted by molar-refractivity contribution is 5.84. The lowest BCUT2D eigenvalue weighted by molar-refractivity contribution is -0.163. The maximum atomic E-state index is 12.6. The monoisotopic (exact) mass is 331 g/mol. The zero-order chi connectivity index (χ0) is 17.2. The second kappa shape index (κ2) is 6.55. The highest BCUT2D eigenvalue weighted by atomic mass is 16.4. The number of carboxylic acids is 1. The van der Waals surface area contributed by atoms with Gasteiger partial charge in [0, 0.05) is 18.4 Å². The zero-order valence-corrected chi connectivity index (χ0v) is 13.8. The van der Waals surface area contributed by atoms with Crippen LogP contribution in [0.2, 0.25) is 0 Å². The largest absolute Gasteiger partial charge is 0.481 e. The molecule has 0 spiro atoms. The Hall–Kier alpha value is -1.88. The Labute approximate surface area is 142 Å². The molecule has 0 heterocycles. The molecule has 0 aromatic heterocycles. The van der Waals surface area contributed by atoms with Gasteiger partial charge < -0.3 is 15.5 Å². The van der Waals surface area contributed by atoms with Gasteiger partial charge in [-0.15, -0.1) is 0 Å². The molecule has 3 fully saturated rings. The van der Waals surface area contributed by atoms with E-state index in [9.17, 15) is 19.8 Å². The van der Waals surface area contributed by atoms with Crippen LogP contribution in [0.1, 0.15) is 44.1 Å². The van der Waals surface area contributed by atoms with Gasteiger partial charge in [-0.3, -0.25) is 9.59 Å². The highest BCUT2D eigenvalue weighted by Gasteiger charge is 2.55. The molecule has 3 aliphatic carbocycles. The third-order valence-corrected chi connectivity index (χ3v) is 5.99. The highest BCUT2D eigenvalue weighted by Crippen LogP contribution is 2.57. The van der Waals surface area contributed by atoms with Crippen LogP contribution in [-0.4, -0.2) is 34.7 Å². The third kappa shape index (κ3) is 3.18. The summed E-state index contributed by atoms with van der Waals surface area (Å²) in [5, 5.41) is 22.5. The Kier molecular flexibility index (Phi) is 4.63. The van der Waals surface area contributed by atoms with Gasteiger partial charge in [0.15, 0.2) is 0 Å². The average molecular weight is 331 g/mol. The second-order valence-corrected chi connectivity index (χ2v) is 7.42. The van der Waals surface area contributed by atoms with Crippen molar-refractivity contribution >= 4 is 11.9 Å². The number of aliphatic hydroxyl groups is 1. The van der Waals surface area contributed by atoms with Crippen molar-refractivity contribution in [1.29, 1.82) is 0 Å². The molecule has 0 aliphatic heterocycles. The van der Waals surface area contributed by atoms with Crippen molar-refractivity contribution in [3.8, 4) is 0 Å². The summed E-state index contributed by atoms with van der Waals surface area (Å²) >= 11 is 0. The lowest BCUT2D eigenvalue weighted by Gasteiger charge is -2.50. The van der Waals surface area contributed by atoms with Crippen molar-refractivity contribution in [2.24, 2.45) is 10.8 Å². The Bertz CT molecular complexity index is 589. The van der Waals surface area contributed by atoms with Gasteiger partial charge in [0.25, 0.3) is 0 Å². The van der Waals surface area contributed by atoms with Crippen molar-refractivity contribution in [2.45, 2.75) is 51.0 Å². The topological polar surface area (TPSA) is 86.6 Å². The Morgan fingerprint density at radius 2 is 1.54 bits per heavy atom. The van der Waals surface area contributed by atoms with Gasteiger partial charge in [-0.05, 0) is 44.1 Å². The zero-order valence-electron chi connectivity index (χ0n) is 13.8. The number of fused-ring (bicyclic) bond motifs is 3. The number of carbonyl (C=O) groups excluding carboxylic acids is 1. The summed E-state index contributed by atoms with van der Waals surface area (Å²) in [7, 11) is 0. The fraction of sp³-hybridized carbons (Fsp3) is 0.579. The predicted octanol–water partition coefficient (Wildman–Crippen LogP) is 2.13. The maximum Gasteiger partial charge on any atom is 0.309 e. The van der Waals surface area contributed by atoms with Gasteiger partial charge in [0.1, 0.15) is 0 Å². The minimum absolute atomic E-state index is 0.0201. The molecule has 1 aromatic rings. The number of carboxylic acid groups (broad SMARTS) is 1. The van der Waals surface area contributed by atoms with Crippen LogP contribution in [0.4, 0.5) is 0 Å². The van der Waals surface area contributed by atoms with E-state index in [1.807, 2.05) is 30.3 Å². The van der Waals surface area contributed by atoms with Crippen LogP contribution in [0.3, 0.4) is 0 Å². The van der Waals surface area contributed by atoms with E-state index in [0.29, 0.717) is 44.9 Å². The van der Waals surface area contributed by atoms with Crippen molar-refractivity contribution < 1.29 is 19.8 Å². The number of rotatable bonds is 6. The minimum Gasteiger partial charge on any atom is -0.481 e. The number of nitrogens with one attached hydrogen (secondary N) is 1. The predicted molar refractivity (Wildman–Crippen MR) is 89.4 cm³/mol. The lowest BCUT2D eigenvalue weighted by Crippen LogP contribution is -2.53. The van der Waals surface area contributed by atoms with E-state index >= 15 is 0 Å². The molecule has 2 bridgehead atoms. The first-order chi connectivity index (χ1) is 11.5. The van der Waals surface area contributed by atoms with Crippen LogP contribution in [0.15, 0.2) is 30.3 Å². The van der Waals surface area contributed by atoms with Crippen molar-refractivity contribution in [2.75, 3.05) is 6.54 Å². The Balaban J connectivity index is 1.52. The number of aliphatic carboxylic acids is 1. The fourth-order valence-electron chi connectivity index (χ4n) is 4.20. The molecule has 0 saturated heterocycles. The fourth-order valence-corrected chi connectivity index (χ4v) is 4.20. The molecular formula is C19H25NO4. The van der Waals surface area contributed by atoms with Crippen LogP contribution >= 0.6 is 0 Å². The van der Waals surface area contributed by atoms with Crippen molar-refractivity contribution in [1.82, 2.24) is 5.32 Å². The van der Waals surface area contributed by atoms with E-state index in [-0.39, 0.29) is 12.5 Å². The van der Waals surface area contributed by atoms with E-state index in [4.69, 9.17) is 0 Å². The molecule has 5 heteroatoms. The van der Waals surface area contributed by atoms with Gasteiger partial charge in [-0.25, -0.2) is 0 Å². The maximum absolute atomic E-state index is 12.6. The molecule has 3 N–H and O–H groups in total. The first-order valence-corrected chi connectivity index (χ1v) is 8.70. The molecule has 3 aliphatic rings. The molecular weight excluding hydrogens is 306 g/mol. The number of hydrogen-bond acceptors (Lipinski definition) is 3. The van der Waals surface area contributed by atoms with Crippen LogP contribution in [0, 0.1) is 10.8 Å². The summed E-state index contributed by atoms with van der Waals surface area (Å²) in [6, 6.07) is 9.70. The van der Waals surface area contributed by atoms with Gasteiger partial charge >= 0.3 is 5.97 Å². The molecule has 4 rings (SSSR count). The molecule has 1 amide bonds. The van der Waals surface area contributed by atoms with E-state index < -0.39 is 22.9 Å². The first kappa shape index (κ1) is 17.0. The second-order valence-electron chi connectivity index (χ2n) is 7.42.